The number of aromatic nitrogens is 2. The van der Waals surface area contributed by atoms with Gasteiger partial charge in [-0.1, -0.05) is 0 Å². The van der Waals surface area contributed by atoms with Gasteiger partial charge >= 0.3 is 6.01 Å². The van der Waals surface area contributed by atoms with Crippen LogP contribution in [0, 0.1) is 11.0 Å². The Labute approximate surface area is 127 Å². The molecule has 0 bridgehead atoms. The highest BCUT2D eigenvalue weighted by Crippen LogP contribution is 2.25. The van der Waals surface area contributed by atoms with Gasteiger partial charge in [0.15, 0.2) is 0 Å². The predicted octanol–water partition coefficient (Wildman–Crippen LogP) is 2.13. The SMILES string of the molecule is CC(C)N(C)C(=O)c1cc(F)ccc1Oc1nccc[n+]1[O-]. The van der Waals surface area contributed by atoms with E-state index in [1.54, 1.807) is 7.05 Å². The van der Waals surface area contributed by atoms with Crippen molar-refractivity contribution in [3.8, 4) is 11.8 Å². The van der Waals surface area contributed by atoms with E-state index in [-0.39, 0.29) is 23.4 Å². The second-order valence-electron chi connectivity index (χ2n) is 4.98. The van der Waals surface area contributed by atoms with E-state index in [9.17, 15) is 14.4 Å². The first-order chi connectivity index (χ1) is 10.4. The van der Waals surface area contributed by atoms with E-state index in [4.69, 9.17) is 4.74 Å². The molecule has 0 saturated carbocycles. The van der Waals surface area contributed by atoms with E-state index in [2.05, 4.69) is 4.98 Å². The van der Waals surface area contributed by atoms with Crippen LogP contribution >= 0.6 is 0 Å². The molecule has 0 spiro atoms. The Bertz CT molecular complexity index is 691. The average molecular weight is 305 g/mol. The second-order valence-corrected chi connectivity index (χ2v) is 4.98. The lowest BCUT2D eigenvalue weighted by Gasteiger charge is -2.22. The number of amides is 1. The summed E-state index contributed by atoms with van der Waals surface area (Å²) < 4.78 is 19.3. The summed E-state index contributed by atoms with van der Waals surface area (Å²) in [7, 11) is 1.61. The smallest absolute Gasteiger partial charge is 0.507 e. The zero-order valence-corrected chi connectivity index (χ0v) is 12.5. The Hall–Kier alpha value is -2.70. The van der Waals surface area contributed by atoms with Crippen molar-refractivity contribution < 1.29 is 18.7 Å². The first-order valence-electron chi connectivity index (χ1n) is 6.69. The minimum absolute atomic E-state index is 0.0295. The number of hydrogen-bond donors (Lipinski definition) is 0. The van der Waals surface area contributed by atoms with Gasteiger partial charge in [-0.05, 0) is 37.0 Å². The molecule has 1 aromatic heterocycles. The van der Waals surface area contributed by atoms with E-state index in [1.807, 2.05) is 13.8 Å². The van der Waals surface area contributed by atoms with Gasteiger partial charge in [-0.15, -0.1) is 0 Å². The van der Waals surface area contributed by atoms with Gasteiger partial charge in [0.25, 0.3) is 5.91 Å². The van der Waals surface area contributed by atoms with Crippen LogP contribution in [0.5, 0.6) is 11.8 Å². The van der Waals surface area contributed by atoms with Crippen LogP contribution in [0.25, 0.3) is 0 Å². The highest BCUT2D eigenvalue weighted by molar-refractivity contribution is 5.97. The molecule has 1 heterocycles. The molecule has 2 aromatic rings. The van der Waals surface area contributed by atoms with Crippen LogP contribution in [0.1, 0.15) is 24.2 Å². The molecule has 0 N–H and O–H groups in total. The summed E-state index contributed by atoms with van der Waals surface area (Å²) >= 11 is 0. The summed E-state index contributed by atoms with van der Waals surface area (Å²) in [5, 5.41) is 11.6. The number of carbonyl (C=O) groups is 1. The van der Waals surface area contributed by atoms with Crippen LogP contribution in [0.4, 0.5) is 4.39 Å². The summed E-state index contributed by atoms with van der Waals surface area (Å²) in [5.74, 6) is -0.899. The van der Waals surface area contributed by atoms with Gasteiger partial charge in [0, 0.05) is 19.2 Å². The molecule has 6 nitrogen and oxygen atoms in total. The van der Waals surface area contributed by atoms with Crippen molar-refractivity contribution in [2.24, 2.45) is 0 Å². The molecule has 22 heavy (non-hydrogen) atoms. The third-order valence-corrected chi connectivity index (χ3v) is 3.15. The monoisotopic (exact) mass is 305 g/mol. The maximum absolute atomic E-state index is 13.5. The summed E-state index contributed by atoms with van der Waals surface area (Å²) in [6.07, 6.45) is 2.60. The van der Waals surface area contributed by atoms with Crippen LogP contribution in [0.3, 0.4) is 0 Å². The molecule has 1 aromatic carbocycles. The molecule has 2 rings (SSSR count). The number of hydrogen-bond acceptors (Lipinski definition) is 4. The summed E-state index contributed by atoms with van der Waals surface area (Å²) in [4.78, 5) is 17.6. The largest absolute Gasteiger partial charge is 0.708 e. The lowest BCUT2D eigenvalue weighted by molar-refractivity contribution is -0.614. The van der Waals surface area contributed by atoms with Gasteiger partial charge in [0.2, 0.25) is 0 Å². The molecule has 1 amide bonds. The van der Waals surface area contributed by atoms with Crippen molar-refractivity contribution >= 4 is 5.91 Å². The molecule has 0 saturated heterocycles. The fourth-order valence-electron chi connectivity index (χ4n) is 1.70. The minimum Gasteiger partial charge on any atom is -0.708 e. The van der Waals surface area contributed by atoms with Gasteiger partial charge in [-0.2, -0.15) is 0 Å². The lowest BCUT2D eigenvalue weighted by atomic mass is 10.1. The zero-order chi connectivity index (χ0) is 16.3. The summed E-state index contributed by atoms with van der Waals surface area (Å²) in [6, 6.07) is 4.67. The van der Waals surface area contributed by atoms with Crippen LogP contribution in [-0.2, 0) is 0 Å². The van der Waals surface area contributed by atoms with E-state index >= 15 is 0 Å². The Balaban J connectivity index is 2.40. The Morgan fingerprint density at radius 1 is 1.45 bits per heavy atom. The fourth-order valence-corrected chi connectivity index (χ4v) is 1.70. The van der Waals surface area contributed by atoms with Gasteiger partial charge in [0.05, 0.1) is 5.56 Å². The van der Waals surface area contributed by atoms with Crippen LogP contribution < -0.4 is 9.47 Å². The number of ether oxygens (including phenoxy) is 1. The lowest BCUT2D eigenvalue weighted by Crippen LogP contribution is -2.33. The molecule has 116 valence electrons. The van der Waals surface area contributed by atoms with Crippen molar-refractivity contribution in [1.82, 2.24) is 9.88 Å². The van der Waals surface area contributed by atoms with Crippen molar-refractivity contribution in [3.63, 3.8) is 0 Å². The normalized spacial score (nSPS) is 10.6. The molecule has 0 aliphatic rings. The maximum Gasteiger partial charge on any atom is 0.507 e. The van der Waals surface area contributed by atoms with E-state index in [1.165, 1.54) is 29.4 Å². The standard InChI is InChI=1S/C15H16FN3O3/c1-10(2)18(3)14(20)12-9-11(16)5-6-13(12)22-15-17-7-4-8-19(15)21/h4-10H,1-3H3. The van der Waals surface area contributed by atoms with E-state index in [0.717, 1.165) is 12.1 Å². The van der Waals surface area contributed by atoms with Crippen molar-refractivity contribution in [2.45, 2.75) is 19.9 Å². The Morgan fingerprint density at radius 3 is 2.82 bits per heavy atom. The molecule has 7 heteroatoms. The number of carbonyl (C=O) groups excluding carboxylic acids is 1. The van der Waals surface area contributed by atoms with Crippen molar-refractivity contribution in [3.05, 3.63) is 53.2 Å². The number of nitrogens with zero attached hydrogens (tertiary/aromatic N) is 3. The Kier molecular flexibility index (Phi) is 4.55. The zero-order valence-electron chi connectivity index (χ0n) is 12.5. The third kappa shape index (κ3) is 3.30. The quantitative estimate of drug-likeness (QED) is 0.641. The average Bonchev–Trinajstić information content (AvgIpc) is 2.49. The van der Waals surface area contributed by atoms with Gasteiger partial charge < -0.3 is 14.8 Å². The topological polar surface area (TPSA) is 69.4 Å². The van der Waals surface area contributed by atoms with Crippen LogP contribution in [-0.4, -0.2) is 28.9 Å². The number of halogens is 1. The molecular weight excluding hydrogens is 289 g/mol. The maximum atomic E-state index is 13.5. The molecular formula is C15H16FN3O3. The number of benzene rings is 1. The highest BCUT2D eigenvalue weighted by Gasteiger charge is 2.22. The van der Waals surface area contributed by atoms with Crippen LogP contribution in [0.2, 0.25) is 0 Å². The van der Waals surface area contributed by atoms with Gasteiger partial charge in [-0.25, -0.2) is 9.12 Å². The van der Waals surface area contributed by atoms with E-state index < -0.39 is 11.7 Å². The highest BCUT2D eigenvalue weighted by atomic mass is 19.1. The first kappa shape index (κ1) is 15.7. The van der Waals surface area contributed by atoms with Crippen molar-refractivity contribution in [1.29, 1.82) is 0 Å². The molecule has 0 fully saturated rings. The molecule has 0 aliphatic heterocycles. The van der Waals surface area contributed by atoms with Gasteiger partial charge in [-0.3, -0.25) is 4.79 Å². The predicted molar refractivity (Wildman–Crippen MR) is 76.9 cm³/mol. The van der Waals surface area contributed by atoms with Crippen molar-refractivity contribution in [2.75, 3.05) is 7.05 Å². The molecule has 0 atom stereocenters. The fraction of sp³-hybridized carbons (Fsp3) is 0.267. The van der Waals surface area contributed by atoms with Gasteiger partial charge in [0.1, 0.15) is 24.0 Å². The summed E-state index contributed by atoms with van der Waals surface area (Å²) in [6.45, 7) is 3.67. The Morgan fingerprint density at radius 2 is 2.18 bits per heavy atom. The molecule has 0 aliphatic carbocycles. The van der Waals surface area contributed by atoms with E-state index in [0.29, 0.717) is 4.73 Å². The van der Waals surface area contributed by atoms with Crippen LogP contribution in [0.15, 0.2) is 36.7 Å². The molecule has 0 radical (unpaired) electrons. The second kappa shape index (κ2) is 6.38. The number of rotatable bonds is 4. The minimum atomic E-state index is -0.566. The first-order valence-corrected chi connectivity index (χ1v) is 6.69. The third-order valence-electron chi connectivity index (χ3n) is 3.15. The summed E-state index contributed by atoms with van der Waals surface area (Å²) in [5.41, 5.74) is 0.0295. The molecule has 0 unspecified atom stereocenters.